The van der Waals surface area contributed by atoms with Gasteiger partial charge in [-0.3, -0.25) is 0 Å². The molecule has 0 unspecified atom stereocenters. The highest BCUT2D eigenvalue weighted by atomic mass is 16.4. The topological polar surface area (TPSA) is 33.4 Å². The predicted octanol–water partition coefficient (Wildman–Crippen LogP) is 2.14. The van der Waals surface area contributed by atoms with Gasteiger partial charge in [0.05, 0.1) is 6.26 Å². The van der Waals surface area contributed by atoms with E-state index < -0.39 is 6.10 Å². The first-order valence-corrected chi connectivity index (χ1v) is 3.59. The standard InChI is InChI=1S/C9H12O2/c1-3-7(2)9(10)8-5-4-6-11-8/h3-7,9-10H,1H2,2H3/t7-,9-/m1/s1. The Morgan fingerprint density at radius 1 is 1.73 bits per heavy atom. The van der Waals surface area contributed by atoms with Crippen molar-refractivity contribution in [2.75, 3.05) is 0 Å². The summed E-state index contributed by atoms with van der Waals surface area (Å²) in [6.45, 7) is 5.48. The highest BCUT2D eigenvalue weighted by molar-refractivity contribution is 5.04. The molecular weight excluding hydrogens is 140 g/mol. The zero-order chi connectivity index (χ0) is 8.27. The third kappa shape index (κ3) is 1.71. The van der Waals surface area contributed by atoms with E-state index in [4.69, 9.17) is 4.42 Å². The molecule has 11 heavy (non-hydrogen) atoms. The van der Waals surface area contributed by atoms with Crippen molar-refractivity contribution < 1.29 is 9.52 Å². The summed E-state index contributed by atoms with van der Waals surface area (Å²) in [6, 6.07) is 3.51. The molecule has 2 nitrogen and oxygen atoms in total. The van der Waals surface area contributed by atoms with Crippen LogP contribution in [0.4, 0.5) is 0 Å². The van der Waals surface area contributed by atoms with Crippen molar-refractivity contribution in [3.05, 3.63) is 36.8 Å². The van der Waals surface area contributed by atoms with Gasteiger partial charge in [-0.05, 0) is 12.1 Å². The fraction of sp³-hybridized carbons (Fsp3) is 0.333. The summed E-state index contributed by atoms with van der Waals surface area (Å²) in [5.74, 6) is 0.624. The van der Waals surface area contributed by atoms with Gasteiger partial charge in [0, 0.05) is 5.92 Å². The maximum absolute atomic E-state index is 9.51. The molecule has 0 fully saturated rings. The van der Waals surface area contributed by atoms with Gasteiger partial charge < -0.3 is 9.52 Å². The van der Waals surface area contributed by atoms with Crippen molar-refractivity contribution in [2.24, 2.45) is 5.92 Å². The Hall–Kier alpha value is -1.02. The Kier molecular flexibility index (Phi) is 2.49. The smallest absolute Gasteiger partial charge is 0.132 e. The summed E-state index contributed by atoms with van der Waals surface area (Å²) in [7, 11) is 0. The molecule has 1 N–H and O–H groups in total. The molecular formula is C9H12O2. The van der Waals surface area contributed by atoms with Crippen LogP contribution in [0, 0.1) is 5.92 Å². The van der Waals surface area contributed by atoms with Crippen LogP contribution in [0.25, 0.3) is 0 Å². The van der Waals surface area contributed by atoms with Crippen molar-refractivity contribution >= 4 is 0 Å². The molecule has 0 saturated carbocycles. The van der Waals surface area contributed by atoms with Crippen molar-refractivity contribution in [1.82, 2.24) is 0 Å². The second-order valence-electron chi connectivity index (χ2n) is 2.56. The maximum atomic E-state index is 9.51. The van der Waals surface area contributed by atoms with Crippen LogP contribution >= 0.6 is 0 Å². The third-order valence-electron chi connectivity index (χ3n) is 1.70. The molecule has 2 atom stereocenters. The fourth-order valence-corrected chi connectivity index (χ4v) is 0.848. The number of aliphatic hydroxyl groups excluding tert-OH is 1. The van der Waals surface area contributed by atoms with Crippen LogP contribution in [0.5, 0.6) is 0 Å². The van der Waals surface area contributed by atoms with E-state index in [0.29, 0.717) is 5.76 Å². The molecule has 2 heteroatoms. The lowest BCUT2D eigenvalue weighted by atomic mass is 10.0. The van der Waals surface area contributed by atoms with Crippen molar-refractivity contribution in [3.8, 4) is 0 Å². The Morgan fingerprint density at radius 2 is 2.45 bits per heavy atom. The van der Waals surface area contributed by atoms with E-state index >= 15 is 0 Å². The molecule has 0 aliphatic rings. The number of furan rings is 1. The minimum absolute atomic E-state index is 0.0288. The van der Waals surface area contributed by atoms with Gasteiger partial charge in [0.1, 0.15) is 11.9 Å². The van der Waals surface area contributed by atoms with Crippen molar-refractivity contribution in [2.45, 2.75) is 13.0 Å². The quantitative estimate of drug-likeness (QED) is 0.673. The monoisotopic (exact) mass is 152 g/mol. The molecule has 0 aliphatic heterocycles. The summed E-state index contributed by atoms with van der Waals surface area (Å²) in [5.41, 5.74) is 0. The highest BCUT2D eigenvalue weighted by Crippen LogP contribution is 2.22. The molecule has 1 rings (SSSR count). The second-order valence-corrected chi connectivity index (χ2v) is 2.56. The summed E-state index contributed by atoms with van der Waals surface area (Å²) in [6.07, 6.45) is 2.68. The van der Waals surface area contributed by atoms with Crippen molar-refractivity contribution in [3.63, 3.8) is 0 Å². The number of hydrogen-bond acceptors (Lipinski definition) is 2. The first kappa shape index (κ1) is 8.08. The average Bonchev–Trinajstić information content (AvgIpc) is 2.53. The van der Waals surface area contributed by atoms with Crippen LogP contribution in [0.3, 0.4) is 0 Å². The second kappa shape index (κ2) is 3.39. The largest absolute Gasteiger partial charge is 0.467 e. The molecule has 0 radical (unpaired) electrons. The molecule has 0 spiro atoms. The zero-order valence-corrected chi connectivity index (χ0v) is 6.53. The van der Waals surface area contributed by atoms with Gasteiger partial charge in [0.2, 0.25) is 0 Å². The van der Waals surface area contributed by atoms with Crippen LogP contribution < -0.4 is 0 Å². The SMILES string of the molecule is C=C[C@@H](C)[C@@H](O)c1ccco1. The molecule has 0 amide bonds. The van der Waals surface area contributed by atoms with E-state index in [9.17, 15) is 5.11 Å². The average molecular weight is 152 g/mol. The predicted molar refractivity (Wildman–Crippen MR) is 43.0 cm³/mol. The van der Waals surface area contributed by atoms with E-state index in [1.54, 1.807) is 24.5 Å². The van der Waals surface area contributed by atoms with E-state index in [2.05, 4.69) is 6.58 Å². The fourth-order valence-electron chi connectivity index (χ4n) is 0.848. The molecule has 0 aromatic carbocycles. The van der Waals surface area contributed by atoms with Crippen LogP contribution in [0.1, 0.15) is 18.8 Å². The first-order chi connectivity index (χ1) is 5.25. The Balaban J connectivity index is 2.69. The minimum Gasteiger partial charge on any atom is -0.467 e. The van der Waals surface area contributed by atoms with Gasteiger partial charge in [0.25, 0.3) is 0 Å². The minimum atomic E-state index is -0.567. The Morgan fingerprint density at radius 3 is 2.91 bits per heavy atom. The molecule has 0 aliphatic carbocycles. The lowest BCUT2D eigenvalue weighted by molar-refractivity contribution is 0.114. The lowest BCUT2D eigenvalue weighted by Gasteiger charge is -2.11. The first-order valence-electron chi connectivity index (χ1n) is 3.59. The third-order valence-corrected chi connectivity index (χ3v) is 1.70. The molecule has 1 aromatic rings. The zero-order valence-electron chi connectivity index (χ0n) is 6.53. The van der Waals surface area contributed by atoms with Gasteiger partial charge in [-0.2, -0.15) is 0 Å². The summed E-state index contributed by atoms with van der Waals surface area (Å²) >= 11 is 0. The Labute approximate surface area is 66.2 Å². The van der Waals surface area contributed by atoms with Gasteiger partial charge in [-0.25, -0.2) is 0 Å². The molecule has 60 valence electrons. The maximum Gasteiger partial charge on any atom is 0.132 e. The van der Waals surface area contributed by atoms with Gasteiger partial charge in [-0.1, -0.05) is 13.0 Å². The highest BCUT2D eigenvalue weighted by Gasteiger charge is 2.15. The van der Waals surface area contributed by atoms with E-state index in [1.165, 1.54) is 0 Å². The van der Waals surface area contributed by atoms with E-state index in [-0.39, 0.29) is 5.92 Å². The summed E-state index contributed by atoms with van der Waals surface area (Å²) in [4.78, 5) is 0. The molecule has 1 heterocycles. The van der Waals surface area contributed by atoms with E-state index in [0.717, 1.165) is 0 Å². The molecule has 1 aromatic heterocycles. The lowest BCUT2D eigenvalue weighted by Crippen LogP contribution is -2.04. The summed E-state index contributed by atoms with van der Waals surface area (Å²) < 4.78 is 5.02. The number of aliphatic hydroxyl groups is 1. The van der Waals surface area contributed by atoms with Crippen LogP contribution in [-0.4, -0.2) is 5.11 Å². The van der Waals surface area contributed by atoms with Crippen LogP contribution in [-0.2, 0) is 0 Å². The van der Waals surface area contributed by atoms with Gasteiger partial charge >= 0.3 is 0 Å². The molecule has 0 saturated heterocycles. The van der Waals surface area contributed by atoms with Crippen molar-refractivity contribution in [1.29, 1.82) is 0 Å². The van der Waals surface area contributed by atoms with Gasteiger partial charge in [-0.15, -0.1) is 6.58 Å². The van der Waals surface area contributed by atoms with Crippen LogP contribution in [0.15, 0.2) is 35.5 Å². The van der Waals surface area contributed by atoms with E-state index in [1.807, 2.05) is 6.92 Å². The Bertz CT molecular complexity index is 213. The molecule has 0 bridgehead atoms. The number of hydrogen-bond donors (Lipinski definition) is 1. The number of rotatable bonds is 3. The van der Waals surface area contributed by atoms with Gasteiger partial charge in [0.15, 0.2) is 0 Å². The summed E-state index contributed by atoms with van der Waals surface area (Å²) in [5, 5.41) is 9.51. The van der Waals surface area contributed by atoms with Crippen LogP contribution in [0.2, 0.25) is 0 Å². The normalized spacial score (nSPS) is 15.8.